The molecule has 6 heteroatoms. The molecular formula is C21H25NO4S. The van der Waals surface area contributed by atoms with Gasteiger partial charge in [-0.05, 0) is 44.0 Å². The predicted molar refractivity (Wildman–Crippen MR) is 106 cm³/mol. The number of aryl methyl sites for hydroxylation is 1. The lowest BCUT2D eigenvalue weighted by molar-refractivity contribution is -0.132. The van der Waals surface area contributed by atoms with Gasteiger partial charge in [0.1, 0.15) is 11.5 Å². The molecule has 0 spiro atoms. The van der Waals surface area contributed by atoms with Crippen molar-refractivity contribution in [3.05, 3.63) is 45.6 Å². The van der Waals surface area contributed by atoms with Gasteiger partial charge < -0.3 is 14.4 Å². The number of hydrogen-bond donors (Lipinski definition) is 0. The minimum Gasteiger partial charge on any atom is -0.497 e. The van der Waals surface area contributed by atoms with Crippen molar-refractivity contribution in [3.63, 3.8) is 0 Å². The van der Waals surface area contributed by atoms with Gasteiger partial charge in [0.15, 0.2) is 5.78 Å². The number of methoxy groups -OCH3 is 2. The summed E-state index contributed by atoms with van der Waals surface area (Å²) in [5.41, 5.74) is 0.990. The van der Waals surface area contributed by atoms with Crippen LogP contribution in [0.15, 0.2) is 30.3 Å². The SMILES string of the molecule is COc1ccc(C2CCCN2C(=O)CCC(=O)c2ccc(C)s2)c(OC)c1. The summed E-state index contributed by atoms with van der Waals surface area (Å²) in [6.07, 6.45) is 2.34. The molecule has 5 nitrogen and oxygen atoms in total. The van der Waals surface area contributed by atoms with Crippen LogP contribution in [0, 0.1) is 6.92 Å². The van der Waals surface area contributed by atoms with E-state index in [0.717, 1.165) is 39.7 Å². The summed E-state index contributed by atoms with van der Waals surface area (Å²) in [5, 5.41) is 0. The van der Waals surface area contributed by atoms with E-state index in [2.05, 4.69) is 0 Å². The van der Waals surface area contributed by atoms with Crippen LogP contribution in [0.3, 0.4) is 0 Å². The van der Waals surface area contributed by atoms with Crippen LogP contribution in [-0.2, 0) is 4.79 Å². The van der Waals surface area contributed by atoms with E-state index in [1.54, 1.807) is 14.2 Å². The van der Waals surface area contributed by atoms with Gasteiger partial charge in [0.2, 0.25) is 5.91 Å². The Bertz CT molecular complexity index is 829. The average Bonchev–Trinajstić information content (AvgIpc) is 3.34. The number of carbonyl (C=O) groups excluding carboxylic acids is 2. The number of thiophene rings is 1. The highest BCUT2D eigenvalue weighted by molar-refractivity contribution is 7.14. The van der Waals surface area contributed by atoms with Gasteiger partial charge in [0, 0.05) is 35.9 Å². The Morgan fingerprint density at radius 3 is 2.63 bits per heavy atom. The van der Waals surface area contributed by atoms with Crippen molar-refractivity contribution in [2.24, 2.45) is 0 Å². The summed E-state index contributed by atoms with van der Waals surface area (Å²) < 4.78 is 10.8. The lowest BCUT2D eigenvalue weighted by atomic mass is 10.0. The van der Waals surface area contributed by atoms with E-state index in [-0.39, 0.29) is 30.6 Å². The smallest absolute Gasteiger partial charge is 0.223 e. The number of Topliss-reactive ketones (excluding diaryl/α,β-unsaturated/α-hetero) is 1. The van der Waals surface area contributed by atoms with E-state index in [1.807, 2.05) is 42.2 Å². The van der Waals surface area contributed by atoms with E-state index in [4.69, 9.17) is 9.47 Å². The van der Waals surface area contributed by atoms with Crippen molar-refractivity contribution in [1.29, 1.82) is 0 Å². The Labute approximate surface area is 163 Å². The molecule has 1 unspecified atom stereocenters. The number of hydrogen-bond acceptors (Lipinski definition) is 5. The fraction of sp³-hybridized carbons (Fsp3) is 0.429. The molecule has 1 aliphatic rings. The van der Waals surface area contributed by atoms with E-state index in [9.17, 15) is 9.59 Å². The van der Waals surface area contributed by atoms with Gasteiger partial charge in [-0.15, -0.1) is 11.3 Å². The maximum absolute atomic E-state index is 12.8. The first-order valence-electron chi connectivity index (χ1n) is 9.14. The number of amides is 1. The minimum absolute atomic E-state index is 0.0163. The maximum atomic E-state index is 12.8. The highest BCUT2D eigenvalue weighted by Gasteiger charge is 2.32. The Morgan fingerprint density at radius 1 is 1.15 bits per heavy atom. The van der Waals surface area contributed by atoms with Crippen LogP contribution in [0.2, 0.25) is 0 Å². The molecule has 1 amide bonds. The van der Waals surface area contributed by atoms with E-state index >= 15 is 0 Å². The maximum Gasteiger partial charge on any atom is 0.223 e. The van der Waals surface area contributed by atoms with Gasteiger partial charge in [0.05, 0.1) is 25.1 Å². The van der Waals surface area contributed by atoms with Crippen molar-refractivity contribution in [2.45, 2.75) is 38.6 Å². The number of likely N-dealkylation sites (tertiary alicyclic amines) is 1. The third kappa shape index (κ3) is 4.33. The first-order chi connectivity index (χ1) is 13.0. The monoisotopic (exact) mass is 387 g/mol. The fourth-order valence-corrected chi connectivity index (χ4v) is 4.39. The quantitative estimate of drug-likeness (QED) is 0.661. The molecule has 144 valence electrons. The molecule has 3 rings (SSSR count). The standard InChI is InChI=1S/C21H25NO4S/c1-14-6-10-20(27-14)18(23)9-11-21(24)22-12-4-5-17(22)16-8-7-15(25-2)13-19(16)26-3/h6-8,10,13,17H,4-5,9,11-12H2,1-3H3. The lowest BCUT2D eigenvalue weighted by Gasteiger charge is -2.26. The van der Waals surface area contributed by atoms with Crippen LogP contribution in [0.4, 0.5) is 0 Å². The zero-order valence-electron chi connectivity index (χ0n) is 16.0. The molecule has 2 heterocycles. The molecule has 0 saturated carbocycles. The molecule has 0 radical (unpaired) electrons. The molecule has 0 N–H and O–H groups in total. The largest absolute Gasteiger partial charge is 0.497 e. The topological polar surface area (TPSA) is 55.8 Å². The third-order valence-corrected chi connectivity index (χ3v) is 6.00. The molecule has 1 saturated heterocycles. The first kappa shape index (κ1) is 19.4. The second kappa shape index (κ2) is 8.57. The summed E-state index contributed by atoms with van der Waals surface area (Å²) in [7, 11) is 3.24. The van der Waals surface area contributed by atoms with E-state index in [0.29, 0.717) is 6.54 Å². The van der Waals surface area contributed by atoms with Gasteiger partial charge in [-0.1, -0.05) is 0 Å². The van der Waals surface area contributed by atoms with Gasteiger partial charge in [0.25, 0.3) is 0 Å². The zero-order chi connectivity index (χ0) is 19.4. The number of ketones is 1. The van der Waals surface area contributed by atoms with Crippen molar-refractivity contribution < 1.29 is 19.1 Å². The first-order valence-corrected chi connectivity index (χ1v) is 9.96. The Kier molecular flexibility index (Phi) is 6.16. The molecule has 1 aromatic carbocycles. The number of nitrogens with zero attached hydrogens (tertiary/aromatic N) is 1. The van der Waals surface area contributed by atoms with Crippen molar-refractivity contribution in [3.8, 4) is 11.5 Å². The van der Waals surface area contributed by atoms with Crippen LogP contribution in [-0.4, -0.2) is 37.4 Å². The van der Waals surface area contributed by atoms with Gasteiger partial charge in [-0.25, -0.2) is 0 Å². The second-order valence-corrected chi connectivity index (χ2v) is 7.97. The summed E-state index contributed by atoms with van der Waals surface area (Å²) in [5.74, 6) is 1.52. The molecule has 1 aromatic heterocycles. The number of rotatable bonds is 7. The number of carbonyl (C=O) groups is 2. The van der Waals surface area contributed by atoms with Crippen LogP contribution in [0.5, 0.6) is 11.5 Å². The van der Waals surface area contributed by atoms with E-state index < -0.39 is 0 Å². The summed E-state index contributed by atoms with van der Waals surface area (Å²) in [6, 6.07) is 9.46. The van der Waals surface area contributed by atoms with Gasteiger partial charge in [-0.3, -0.25) is 9.59 Å². The zero-order valence-corrected chi connectivity index (χ0v) is 16.8. The fourth-order valence-electron chi connectivity index (χ4n) is 3.55. The van der Waals surface area contributed by atoms with Crippen LogP contribution in [0.1, 0.15) is 51.8 Å². The highest BCUT2D eigenvalue weighted by atomic mass is 32.1. The van der Waals surface area contributed by atoms with Gasteiger partial charge >= 0.3 is 0 Å². The third-order valence-electron chi connectivity index (χ3n) is 4.95. The molecular weight excluding hydrogens is 362 g/mol. The Hall–Kier alpha value is -2.34. The predicted octanol–water partition coefficient (Wildman–Crippen LogP) is 4.40. The Balaban J connectivity index is 1.68. The molecule has 1 atom stereocenters. The summed E-state index contributed by atoms with van der Waals surface area (Å²) >= 11 is 1.48. The van der Waals surface area contributed by atoms with Gasteiger partial charge in [-0.2, -0.15) is 0 Å². The highest BCUT2D eigenvalue weighted by Crippen LogP contribution is 2.39. The Morgan fingerprint density at radius 2 is 1.96 bits per heavy atom. The summed E-state index contributed by atoms with van der Waals surface area (Å²) in [6.45, 7) is 2.69. The molecule has 2 aromatic rings. The minimum atomic E-state index is -0.0163. The molecule has 1 aliphatic heterocycles. The van der Waals surface area contributed by atoms with E-state index in [1.165, 1.54) is 11.3 Å². The molecule has 0 bridgehead atoms. The number of ether oxygens (including phenoxy) is 2. The average molecular weight is 388 g/mol. The van der Waals surface area contributed by atoms with Crippen LogP contribution >= 0.6 is 11.3 Å². The normalized spacial score (nSPS) is 16.4. The molecule has 0 aliphatic carbocycles. The number of benzene rings is 1. The lowest BCUT2D eigenvalue weighted by Crippen LogP contribution is -2.31. The second-order valence-electron chi connectivity index (χ2n) is 6.69. The summed E-state index contributed by atoms with van der Waals surface area (Å²) in [4.78, 5) is 28.8. The molecule has 1 fully saturated rings. The van der Waals surface area contributed by atoms with Crippen molar-refractivity contribution in [1.82, 2.24) is 4.90 Å². The van der Waals surface area contributed by atoms with Crippen molar-refractivity contribution >= 4 is 23.0 Å². The van der Waals surface area contributed by atoms with Crippen molar-refractivity contribution in [2.75, 3.05) is 20.8 Å². The van der Waals surface area contributed by atoms with Crippen LogP contribution < -0.4 is 9.47 Å². The molecule has 27 heavy (non-hydrogen) atoms. The van der Waals surface area contributed by atoms with Crippen LogP contribution in [0.25, 0.3) is 0 Å².